The molecule has 0 spiro atoms. The topological polar surface area (TPSA) is 49.8 Å². The third-order valence-electron chi connectivity index (χ3n) is 3.96. The lowest BCUT2D eigenvalue weighted by atomic mass is 9.86. The summed E-state index contributed by atoms with van der Waals surface area (Å²) in [6.07, 6.45) is 0.563. The Morgan fingerprint density at radius 2 is 2.14 bits per heavy atom. The molecule has 1 aromatic carbocycles. The Bertz CT molecular complexity index is 533. The SMILES string of the molecule is CCC(C(=O)O)N1CC(C)Oc2ccc(C(C)(C)C)cc21. The van der Waals surface area contributed by atoms with Gasteiger partial charge < -0.3 is 14.7 Å². The van der Waals surface area contributed by atoms with Crippen LogP contribution in [0.15, 0.2) is 18.2 Å². The molecule has 0 saturated heterocycles. The molecular formula is C17H25NO3. The van der Waals surface area contributed by atoms with Crippen LogP contribution in [-0.2, 0) is 10.2 Å². The number of carboxylic acid groups (broad SMARTS) is 1. The maximum atomic E-state index is 11.5. The fourth-order valence-electron chi connectivity index (χ4n) is 2.76. The number of hydrogen-bond acceptors (Lipinski definition) is 3. The molecule has 2 atom stereocenters. The highest BCUT2D eigenvalue weighted by Gasteiger charge is 2.32. The molecule has 1 aliphatic rings. The fraction of sp³-hybridized carbons (Fsp3) is 0.588. The standard InChI is InChI=1S/C17H25NO3/c1-6-13(16(19)20)18-10-11(2)21-15-8-7-12(9-14(15)18)17(3,4)5/h7-9,11,13H,6,10H2,1-5H3,(H,19,20). The second-order valence-corrected chi connectivity index (χ2v) is 6.78. The fourth-order valence-corrected chi connectivity index (χ4v) is 2.76. The minimum absolute atomic E-state index is 0.00798. The number of anilines is 1. The third kappa shape index (κ3) is 3.14. The predicted octanol–water partition coefficient (Wildman–Crippen LogP) is 3.43. The second kappa shape index (κ2) is 5.58. The lowest BCUT2D eigenvalue weighted by Crippen LogP contribution is -2.48. The lowest BCUT2D eigenvalue weighted by molar-refractivity contribution is -0.138. The molecule has 0 fully saturated rings. The van der Waals surface area contributed by atoms with Crippen molar-refractivity contribution in [2.75, 3.05) is 11.4 Å². The van der Waals surface area contributed by atoms with Gasteiger partial charge in [-0.2, -0.15) is 0 Å². The highest BCUT2D eigenvalue weighted by atomic mass is 16.5. The van der Waals surface area contributed by atoms with Gasteiger partial charge in [-0.25, -0.2) is 4.79 Å². The van der Waals surface area contributed by atoms with Gasteiger partial charge in [0.15, 0.2) is 0 Å². The normalized spacial score (nSPS) is 19.7. The van der Waals surface area contributed by atoms with Crippen LogP contribution < -0.4 is 9.64 Å². The van der Waals surface area contributed by atoms with Crippen LogP contribution in [0.3, 0.4) is 0 Å². The number of benzene rings is 1. The van der Waals surface area contributed by atoms with Crippen molar-refractivity contribution in [3.05, 3.63) is 23.8 Å². The molecule has 2 rings (SSSR count). The van der Waals surface area contributed by atoms with Crippen LogP contribution in [0.25, 0.3) is 0 Å². The number of aliphatic carboxylic acids is 1. The molecule has 0 saturated carbocycles. The summed E-state index contributed by atoms with van der Waals surface area (Å²) in [4.78, 5) is 13.5. The van der Waals surface area contributed by atoms with Gasteiger partial charge in [-0.3, -0.25) is 0 Å². The average molecular weight is 291 g/mol. The summed E-state index contributed by atoms with van der Waals surface area (Å²) in [7, 11) is 0. The number of carboxylic acids is 1. The first-order valence-electron chi connectivity index (χ1n) is 7.54. The van der Waals surface area contributed by atoms with Crippen LogP contribution in [0.1, 0.15) is 46.6 Å². The number of carbonyl (C=O) groups is 1. The summed E-state index contributed by atoms with van der Waals surface area (Å²) in [6.45, 7) is 10.9. The van der Waals surface area contributed by atoms with E-state index in [2.05, 4.69) is 32.9 Å². The zero-order valence-electron chi connectivity index (χ0n) is 13.5. The molecule has 0 radical (unpaired) electrons. The van der Waals surface area contributed by atoms with Crippen LogP contribution in [0.4, 0.5) is 5.69 Å². The second-order valence-electron chi connectivity index (χ2n) is 6.78. The molecule has 4 nitrogen and oxygen atoms in total. The maximum Gasteiger partial charge on any atom is 0.326 e. The molecule has 4 heteroatoms. The summed E-state index contributed by atoms with van der Waals surface area (Å²) in [5.41, 5.74) is 2.11. The van der Waals surface area contributed by atoms with Crippen molar-refractivity contribution in [1.82, 2.24) is 0 Å². The van der Waals surface area contributed by atoms with E-state index in [-0.39, 0.29) is 11.5 Å². The van der Waals surface area contributed by atoms with Gasteiger partial charge in [0.05, 0.1) is 12.2 Å². The van der Waals surface area contributed by atoms with E-state index in [0.29, 0.717) is 13.0 Å². The Morgan fingerprint density at radius 3 is 2.67 bits per heavy atom. The van der Waals surface area contributed by atoms with E-state index in [9.17, 15) is 9.90 Å². The van der Waals surface area contributed by atoms with E-state index in [4.69, 9.17) is 4.74 Å². The van der Waals surface area contributed by atoms with E-state index in [1.807, 2.05) is 24.8 Å². The van der Waals surface area contributed by atoms with Gasteiger partial charge in [0.1, 0.15) is 17.9 Å². The minimum Gasteiger partial charge on any atom is -0.487 e. The molecule has 1 N–H and O–H groups in total. The van der Waals surface area contributed by atoms with E-state index < -0.39 is 12.0 Å². The molecule has 1 aromatic rings. The third-order valence-corrected chi connectivity index (χ3v) is 3.96. The monoisotopic (exact) mass is 291 g/mol. The Kier molecular flexibility index (Phi) is 4.17. The Morgan fingerprint density at radius 1 is 1.48 bits per heavy atom. The summed E-state index contributed by atoms with van der Waals surface area (Å²) in [5, 5.41) is 9.48. The predicted molar refractivity (Wildman–Crippen MR) is 84.3 cm³/mol. The number of hydrogen-bond donors (Lipinski definition) is 1. The molecular weight excluding hydrogens is 266 g/mol. The van der Waals surface area contributed by atoms with Crippen LogP contribution in [0.5, 0.6) is 5.75 Å². The summed E-state index contributed by atoms with van der Waals surface area (Å²) in [6, 6.07) is 5.60. The van der Waals surface area contributed by atoms with Gasteiger partial charge in [-0.1, -0.05) is 33.8 Å². The van der Waals surface area contributed by atoms with Crippen molar-refractivity contribution < 1.29 is 14.6 Å². The van der Waals surface area contributed by atoms with Crippen molar-refractivity contribution in [2.24, 2.45) is 0 Å². The van der Waals surface area contributed by atoms with Crippen molar-refractivity contribution in [3.8, 4) is 5.75 Å². The Hall–Kier alpha value is -1.71. The van der Waals surface area contributed by atoms with Crippen LogP contribution in [0.2, 0.25) is 0 Å². The van der Waals surface area contributed by atoms with Crippen molar-refractivity contribution >= 4 is 11.7 Å². The Labute approximate surface area is 126 Å². The van der Waals surface area contributed by atoms with E-state index in [1.54, 1.807) is 0 Å². The van der Waals surface area contributed by atoms with E-state index >= 15 is 0 Å². The average Bonchev–Trinajstić information content (AvgIpc) is 2.37. The largest absolute Gasteiger partial charge is 0.487 e. The number of ether oxygens (including phenoxy) is 1. The zero-order chi connectivity index (χ0) is 15.8. The van der Waals surface area contributed by atoms with Crippen molar-refractivity contribution in [3.63, 3.8) is 0 Å². The van der Waals surface area contributed by atoms with Crippen LogP contribution in [0, 0.1) is 0 Å². The van der Waals surface area contributed by atoms with Crippen LogP contribution >= 0.6 is 0 Å². The zero-order valence-corrected chi connectivity index (χ0v) is 13.5. The molecule has 0 aliphatic carbocycles. The molecule has 1 heterocycles. The highest BCUT2D eigenvalue weighted by Crippen LogP contribution is 2.38. The Balaban J connectivity index is 2.49. The van der Waals surface area contributed by atoms with Gasteiger partial charge in [-0.15, -0.1) is 0 Å². The van der Waals surface area contributed by atoms with Gasteiger partial charge in [0.2, 0.25) is 0 Å². The van der Waals surface area contributed by atoms with Gasteiger partial charge in [-0.05, 0) is 36.5 Å². The molecule has 1 aliphatic heterocycles. The summed E-state index contributed by atoms with van der Waals surface area (Å²) in [5.74, 6) is 0.000150. The summed E-state index contributed by atoms with van der Waals surface area (Å²) >= 11 is 0. The first kappa shape index (κ1) is 15.7. The van der Waals surface area contributed by atoms with Crippen LogP contribution in [-0.4, -0.2) is 29.8 Å². The smallest absolute Gasteiger partial charge is 0.326 e. The molecule has 2 unspecified atom stereocenters. The van der Waals surface area contributed by atoms with Gasteiger partial charge >= 0.3 is 5.97 Å². The molecule has 0 amide bonds. The quantitative estimate of drug-likeness (QED) is 0.927. The first-order valence-corrected chi connectivity index (χ1v) is 7.54. The molecule has 0 bridgehead atoms. The molecule has 21 heavy (non-hydrogen) atoms. The van der Waals surface area contributed by atoms with Gasteiger partial charge in [0, 0.05) is 0 Å². The number of fused-ring (bicyclic) bond motifs is 1. The lowest BCUT2D eigenvalue weighted by Gasteiger charge is -2.39. The van der Waals surface area contributed by atoms with E-state index in [0.717, 1.165) is 11.4 Å². The minimum atomic E-state index is -0.779. The molecule has 116 valence electrons. The first-order chi connectivity index (χ1) is 9.74. The highest BCUT2D eigenvalue weighted by molar-refractivity contribution is 5.80. The number of nitrogens with zero attached hydrogens (tertiary/aromatic N) is 1. The molecule has 0 aromatic heterocycles. The van der Waals surface area contributed by atoms with Crippen molar-refractivity contribution in [1.29, 1.82) is 0 Å². The van der Waals surface area contributed by atoms with Gasteiger partial charge in [0.25, 0.3) is 0 Å². The maximum absolute atomic E-state index is 11.5. The number of rotatable bonds is 3. The summed E-state index contributed by atoms with van der Waals surface area (Å²) < 4.78 is 5.87. The van der Waals surface area contributed by atoms with Crippen molar-refractivity contribution in [2.45, 2.75) is 58.6 Å². The van der Waals surface area contributed by atoms with E-state index in [1.165, 1.54) is 5.56 Å².